The second-order valence-corrected chi connectivity index (χ2v) is 13.5. The van der Waals surface area contributed by atoms with Crippen molar-refractivity contribution >= 4 is 25.3 Å². The number of ether oxygens (including phenoxy) is 2. The van der Waals surface area contributed by atoms with Crippen molar-refractivity contribution in [2.45, 2.75) is 122 Å². The number of aromatic nitrogens is 1. The van der Waals surface area contributed by atoms with E-state index in [1.807, 2.05) is 27.7 Å². The monoisotopic (exact) mass is 655 g/mol. The van der Waals surface area contributed by atoms with Gasteiger partial charge in [0.1, 0.15) is 18.5 Å². The Morgan fingerprint density at radius 2 is 1.55 bits per heavy atom. The Morgan fingerprint density at radius 3 is 2.11 bits per heavy atom. The molecule has 11 heteroatoms. The molecule has 0 bridgehead atoms. The average Bonchev–Trinajstić information content (AvgIpc) is 3.51. The Morgan fingerprint density at radius 1 is 0.932 bits per heavy atom. The fourth-order valence-corrected chi connectivity index (χ4v) is 6.25. The van der Waals surface area contributed by atoms with Crippen LogP contribution in [0.2, 0.25) is 0 Å². The molecular weight excluding hydrogens is 599 g/mol. The first-order valence-electron chi connectivity index (χ1n) is 16.5. The standard InChI is InChI=1S/C33H55N2O7PS/c1-3-4-5-6-7-8-9-10-11-12-13-14-15-16-17-18-22-34-33(36)40-27-32(39-2)28-41-43(37,38)42-31-21-19-20-30(25-31)26-35-23-24-44-29-35/h19-21,23-25,29,32H,3-18,22,26-28H2,1-2H3,(H-,34,36,37,38)/p+1/t32-/m1/s1. The molecule has 0 spiro atoms. The third-order valence-electron chi connectivity index (χ3n) is 7.47. The smallest absolute Gasteiger partial charge is 0.447 e. The molecule has 2 rings (SSSR count). The van der Waals surface area contributed by atoms with Gasteiger partial charge in [0.05, 0.1) is 12.0 Å². The van der Waals surface area contributed by atoms with Crippen molar-refractivity contribution < 1.29 is 37.3 Å². The zero-order chi connectivity index (χ0) is 31.7. The van der Waals surface area contributed by atoms with Gasteiger partial charge < -0.3 is 19.3 Å². The summed E-state index contributed by atoms with van der Waals surface area (Å²) in [5.41, 5.74) is 2.89. The summed E-state index contributed by atoms with van der Waals surface area (Å²) in [7, 11) is -2.99. The Labute approximate surface area is 269 Å². The summed E-state index contributed by atoms with van der Waals surface area (Å²) in [6, 6.07) is 6.94. The highest BCUT2D eigenvalue weighted by atomic mass is 32.1. The first kappa shape index (κ1) is 38.2. The molecule has 44 heavy (non-hydrogen) atoms. The first-order valence-corrected chi connectivity index (χ1v) is 19.0. The summed E-state index contributed by atoms with van der Waals surface area (Å²) in [5, 5.41) is 4.72. The third kappa shape index (κ3) is 19.4. The van der Waals surface area contributed by atoms with Gasteiger partial charge in [0.2, 0.25) is 5.51 Å². The number of alkyl carbamates (subject to hydrolysis) is 1. The quantitative estimate of drug-likeness (QED) is 0.0564. The van der Waals surface area contributed by atoms with Crippen molar-refractivity contribution in [1.82, 2.24) is 5.32 Å². The first-order chi connectivity index (χ1) is 21.4. The van der Waals surface area contributed by atoms with E-state index in [2.05, 4.69) is 12.2 Å². The SMILES string of the molecule is CCCCCCCCCCCCCCCCCCNC(=O)OC[C@H](COP(=O)(O)Oc1cccc(C[n+]2ccsc2)c1)OC. The van der Waals surface area contributed by atoms with Gasteiger partial charge in [-0.05, 0) is 18.6 Å². The van der Waals surface area contributed by atoms with Gasteiger partial charge >= 0.3 is 13.9 Å². The molecule has 1 unspecified atom stereocenters. The van der Waals surface area contributed by atoms with Crippen LogP contribution in [0.4, 0.5) is 4.79 Å². The fourth-order valence-electron chi connectivity index (χ4n) is 4.87. The lowest BCUT2D eigenvalue weighted by molar-refractivity contribution is -0.683. The van der Waals surface area contributed by atoms with Crippen LogP contribution < -0.4 is 14.4 Å². The van der Waals surface area contributed by atoms with Gasteiger partial charge in [0, 0.05) is 19.2 Å². The van der Waals surface area contributed by atoms with Crippen molar-refractivity contribution in [2.24, 2.45) is 0 Å². The van der Waals surface area contributed by atoms with Gasteiger partial charge in [-0.15, -0.1) is 0 Å². The number of amides is 1. The maximum Gasteiger partial charge on any atom is 0.527 e. The fraction of sp³-hybridized carbons (Fsp3) is 0.697. The Bertz CT molecular complexity index is 1040. The van der Waals surface area contributed by atoms with E-state index in [0.717, 1.165) is 18.4 Å². The number of thiazole rings is 1. The minimum atomic E-state index is -4.41. The molecule has 0 fully saturated rings. The van der Waals surface area contributed by atoms with Crippen LogP contribution in [-0.2, 0) is 25.1 Å². The number of unbranched alkanes of at least 4 members (excludes halogenated alkanes) is 15. The highest BCUT2D eigenvalue weighted by molar-refractivity contribution is 7.47. The summed E-state index contributed by atoms with van der Waals surface area (Å²) in [5.74, 6) is 0.225. The molecule has 2 atom stereocenters. The van der Waals surface area contributed by atoms with Crippen molar-refractivity contribution in [3.63, 3.8) is 0 Å². The Hall–Kier alpha value is -1.97. The van der Waals surface area contributed by atoms with Gasteiger partial charge in [-0.2, -0.15) is 4.57 Å². The van der Waals surface area contributed by atoms with E-state index < -0.39 is 20.0 Å². The topological polar surface area (TPSA) is 107 Å². The zero-order valence-corrected chi connectivity index (χ0v) is 28.7. The van der Waals surface area contributed by atoms with Crippen molar-refractivity contribution in [3.8, 4) is 5.75 Å². The number of nitrogens with zero attached hydrogens (tertiary/aromatic N) is 1. The van der Waals surface area contributed by atoms with Crippen LogP contribution in [0.15, 0.2) is 41.4 Å². The van der Waals surface area contributed by atoms with E-state index >= 15 is 0 Å². The molecule has 0 aliphatic carbocycles. The molecule has 0 radical (unpaired) electrons. The molecule has 0 saturated carbocycles. The lowest BCUT2D eigenvalue weighted by Crippen LogP contribution is -2.31. The molecule has 2 N–H and O–H groups in total. The second-order valence-electron chi connectivity index (χ2n) is 11.4. The molecule has 1 heterocycles. The highest BCUT2D eigenvalue weighted by Gasteiger charge is 2.26. The number of nitrogens with one attached hydrogen (secondary N) is 1. The molecule has 0 aliphatic rings. The average molecular weight is 656 g/mol. The number of carbonyl (C=O) groups is 1. The molecule has 0 aliphatic heterocycles. The van der Waals surface area contributed by atoms with Gasteiger partial charge in [-0.1, -0.05) is 127 Å². The molecule has 9 nitrogen and oxygen atoms in total. The molecule has 250 valence electrons. The number of benzene rings is 1. The largest absolute Gasteiger partial charge is 0.527 e. The lowest BCUT2D eigenvalue weighted by Gasteiger charge is -2.18. The maximum absolute atomic E-state index is 12.5. The summed E-state index contributed by atoms with van der Waals surface area (Å²) in [6.45, 7) is 3.04. The molecule has 0 saturated heterocycles. The summed E-state index contributed by atoms with van der Waals surface area (Å²) in [4.78, 5) is 22.2. The van der Waals surface area contributed by atoms with E-state index in [9.17, 15) is 14.3 Å². The van der Waals surface area contributed by atoms with Crippen LogP contribution in [0.3, 0.4) is 0 Å². The number of hydrogen-bond acceptors (Lipinski definition) is 7. The zero-order valence-electron chi connectivity index (χ0n) is 27.0. The predicted molar refractivity (Wildman–Crippen MR) is 176 cm³/mol. The van der Waals surface area contributed by atoms with Crippen molar-refractivity contribution in [1.29, 1.82) is 0 Å². The summed E-state index contributed by atoms with van der Waals surface area (Å²) in [6.07, 6.45) is 21.6. The third-order valence-corrected chi connectivity index (χ3v) is 9.06. The maximum atomic E-state index is 12.5. The number of methoxy groups -OCH3 is 1. The summed E-state index contributed by atoms with van der Waals surface area (Å²) >= 11 is 1.58. The van der Waals surface area contributed by atoms with E-state index in [4.69, 9.17) is 18.5 Å². The highest BCUT2D eigenvalue weighted by Crippen LogP contribution is 2.44. The predicted octanol–water partition coefficient (Wildman–Crippen LogP) is 8.58. The number of phosphoric ester groups is 1. The minimum Gasteiger partial charge on any atom is -0.447 e. The van der Waals surface area contributed by atoms with Crippen molar-refractivity contribution in [2.75, 3.05) is 26.9 Å². The molecule has 1 amide bonds. The van der Waals surface area contributed by atoms with Crippen LogP contribution >= 0.6 is 19.2 Å². The Balaban J connectivity index is 1.45. The number of rotatable bonds is 27. The van der Waals surface area contributed by atoms with Crippen LogP contribution in [0.5, 0.6) is 5.75 Å². The number of hydrogen-bond donors (Lipinski definition) is 2. The number of phosphoric acid groups is 1. The van der Waals surface area contributed by atoms with Gasteiger partial charge in [-0.3, -0.25) is 9.42 Å². The molecule has 1 aromatic carbocycles. The van der Waals surface area contributed by atoms with Crippen molar-refractivity contribution in [3.05, 3.63) is 46.9 Å². The van der Waals surface area contributed by atoms with Crippen LogP contribution in [-0.4, -0.2) is 44.0 Å². The Kier molecular flexibility index (Phi) is 21.1. The minimum absolute atomic E-state index is 0.116. The van der Waals surface area contributed by atoms with Gasteiger partial charge in [0.25, 0.3) is 0 Å². The van der Waals surface area contributed by atoms with E-state index in [1.165, 1.54) is 97.0 Å². The van der Waals surface area contributed by atoms with Gasteiger partial charge in [0.15, 0.2) is 12.7 Å². The lowest BCUT2D eigenvalue weighted by atomic mass is 10.0. The normalized spacial score (nSPS) is 13.3. The molecule has 1 aromatic heterocycles. The number of carbonyl (C=O) groups excluding carboxylic acids is 1. The van der Waals surface area contributed by atoms with Crippen LogP contribution in [0, 0.1) is 0 Å². The van der Waals surface area contributed by atoms with E-state index in [1.54, 1.807) is 29.5 Å². The summed E-state index contributed by atoms with van der Waals surface area (Å²) < 4.78 is 35.3. The van der Waals surface area contributed by atoms with Gasteiger partial charge in [-0.25, -0.2) is 9.36 Å². The molecule has 2 aromatic rings. The van der Waals surface area contributed by atoms with Crippen LogP contribution in [0.1, 0.15) is 115 Å². The second kappa shape index (κ2) is 24.3. The molecular formula is C33H56N2O7PS+. The van der Waals surface area contributed by atoms with E-state index in [0.29, 0.717) is 13.1 Å². The van der Waals surface area contributed by atoms with Crippen LogP contribution in [0.25, 0.3) is 0 Å². The van der Waals surface area contributed by atoms with E-state index in [-0.39, 0.29) is 19.0 Å².